The third-order valence-corrected chi connectivity index (χ3v) is 4.04. The minimum atomic E-state index is 0.334. The van der Waals surface area contributed by atoms with Gasteiger partial charge in [-0.3, -0.25) is 4.90 Å². The first-order valence-electron chi connectivity index (χ1n) is 6.38. The highest BCUT2D eigenvalue weighted by atomic mass is 16.3. The molecule has 0 aliphatic carbocycles. The van der Waals surface area contributed by atoms with Gasteiger partial charge < -0.3 is 9.73 Å². The molecular formula is C13H20N2O. The van der Waals surface area contributed by atoms with Crippen molar-refractivity contribution in [2.75, 3.05) is 13.1 Å². The normalized spacial score (nSPS) is 31.8. The Hall–Kier alpha value is -0.800. The number of hydrogen-bond donors (Lipinski definition) is 1. The Morgan fingerprint density at radius 2 is 2.38 bits per heavy atom. The van der Waals surface area contributed by atoms with Crippen molar-refractivity contribution in [2.24, 2.45) is 0 Å². The van der Waals surface area contributed by atoms with Crippen molar-refractivity contribution in [3.8, 4) is 0 Å². The maximum Gasteiger partial charge on any atom is 0.120 e. The summed E-state index contributed by atoms with van der Waals surface area (Å²) in [7, 11) is 0. The first kappa shape index (κ1) is 10.4. The van der Waals surface area contributed by atoms with Crippen LogP contribution in [0.5, 0.6) is 0 Å². The van der Waals surface area contributed by atoms with Gasteiger partial charge in [-0.2, -0.15) is 0 Å². The van der Waals surface area contributed by atoms with Crippen LogP contribution in [0.1, 0.15) is 38.0 Å². The Kier molecular flexibility index (Phi) is 2.74. The molecule has 1 N–H and O–H groups in total. The molecule has 0 bridgehead atoms. The summed E-state index contributed by atoms with van der Waals surface area (Å²) in [5, 5.41) is 3.72. The topological polar surface area (TPSA) is 28.4 Å². The molecule has 3 heteroatoms. The van der Waals surface area contributed by atoms with E-state index in [0.29, 0.717) is 12.1 Å². The first-order valence-corrected chi connectivity index (χ1v) is 6.38. The van der Waals surface area contributed by atoms with Crippen LogP contribution in [0, 0.1) is 0 Å². The van der Waals surface area contributed by atoms with Crippen LogP contribution >= 0.6 is 0 Å². The van der Waals surface area contributed by atoms with Gasteiger partial charge in [0.25, 0.3) is 0 Å². The molecule has 3 heterocycles. The summed E-state index contributed by atoms with van der Waals surface area (Å²) in [5.74, 6) is 1.05. The molecule has 0 spiro atoms. The van der Waals surface area contributed by atoms with Gasteiger partial charge in [0.05, 0.1) is 12.3 Å². The lowest BCUT2D eigenvalue weighted by atomic mass is 10.1. The van der Waals surface area contributed by atoms with Gasteiger partial charge in [0.15, 0.2) is 0 Å². The van der Waals surface area contributed by atoms with E-state index in [1.165, 1.54) is 32.4 Å². The molecule has 16 heavy (non-hydrogen) atoms. The third kappa shape index (κ3) is 1.78. The maximum absolute atomic E-state index is 5.44. The van der Waals surface area contributed by atoms with Crippen molar-refractivity contribution in [2.45, 2.75) is 44.3 Å². The van der Waals surface area contributed by atoms with Gasteiger partial charge in [-0.1, -0.05) is 0 Å². The fraction of sp³-hybridized carbons (Fsp3) is 0.692. The summed E-state index contributed by atoms with van der Waals surface area (Å²) in [4.78, 5) is 2.63. The molecule has 0 saturated carbocycles. The van der Waals surface area contributed by atoms with Crippen LogP contribution in [-0.4, -0.2) is 30.1 Å². The van der Waals surface area contributed by atoms with E-state index in [-0.39, 0.29) is 0 Å². The molecule has 0 aromatic carbocycles. The number of furan rings is 1. The van der Waals surface area contributed by atoms with E-state index in [9.17, 15) is 0 Å². The standard InChI is InChI=1S/C13H20N2O/c1-10(13-5-3-9-16-13)14-11-6-8-15-7-2-4-12(11)15/h3,5,9-12,14H,2,4,6-8H2,1H3/t10-,11?,12?/m0/s1. The molecule has 2 saturated heterocycles. The van der Waals surface area contributed by atoms with Crippen molar-refractivity contribution < 1.29 is 4.42 Å². The van der Waals surface area contributed by atoms with E-state index in [1.54, 1.807) is 6.26 Å². The molecule has 2 unspecified atom stereocenters. The fourth-order valence-corrected chi connectivity index (χ4v) is 3.22. The van der Waals surface area contributed by atoms with E-state index < -0.39 is 0 Å². The molecule has 1 aromatic rings. The molecule has 3 atom stereocenters. The zero-order valence-corrected chi connectivity index (χ0v) is 9.86. The zero-order chi connectivity index (χ0) is 11.0. The molecule has 0 radical (unpaired) electrons. The lowest BCUT2D eigenvalue weighted by Crippen LogP contribution is -2.40. The van der Waals surface area contributed by atoms with Crippen LogP contribution in [0.15, 0.2) is 22.8 Å². The largest absolute Gasteiger partial charge is 0.468 e. The Morgan fingerprint density at radius 3 is 3.19 bits per heavy atom. The van der Waals surface area contributed by atoms with Gasteiger partial charge in [-0.25, -0.2) is 0 Å². The summed E-state index contributed by atoms with van der Waals surface area (Å²) in [6, 6.07) is 5.78. The van der Waals surface area contributed by atoms with Crippen LogP contribution in [0.25, 0.3) is 0 Å². The monoisotopic (exact) mass is 220 g/mol. The molecule has 0 amide bonds. The molecule has 88 valence electrons. The molecule has 2 aliphatic rings. The summed E-state index contributed by atoms with van der Waals surface area (Å²) in [5.41, 5.74) is 0. The van der Waals surface area contributed by atoms with Crippen molar-refractivity contribution in [3.05, 3.63) is 24.2 Å². The number of fused-ring (bicyclic) bond motifs is 1. The number of hydrogen-bond acceptors (Lipinski definition) is 3. The Morgan fingerprint density at radius 1 is 1.44 bits per heavy atom. The average Bonchev–Trinajstić information content (AvgIpc) is 2.94. The quantitative estimate of drug-likeness (QED) is 0.846. The lowest BCUT2D eigenvalue weighted by molar-refractivity contribution is 0.284. The summed E-state index contributed by atoms with van der Waals surface area (Å²) >= 11 is 0. The van der Waals surface area contributed by atoms with Gasteiger partial charge in [-0.15, -0.1) is 0 Å². The zero-order valence-electron chi connectivity index (χ0n) is 9.86. The van der Waals surface area contributed by atoms with Gasteiger partial charge >= 0.3 is 0 Å². The smallest absolute Gasteiger partial charge is 0.120 e. The first-order chi connectivity index (χ1) is 7.84. The predicted molar refractivity (Wildman–Crippen MR) is 63.3 cm³/mol. The minimum absolute atomic E-state index is 0.334. The Bertz CT molecular complexity index is 336. The number of nitrogens with one attached hydrogen (secondary N) is 1. The second-order valence-corrected chi connectivity index (χ2v) is 5.04. The van der Waals surface area contributed by atoms with Gasteiger partial charge in [0.2, 0.25) is 0 Å². The molecular weight excluding hydrogens is 200 g/mol. The van der Waals surface area contributed by atoms with Gasteiger partial charge in [0, 0.05) is 18.6 Å². The highest BCUT2D eigenvalue weighted by molar-refractivity contribution is 5.05. The number of rotatable bonds is 3. The summed E-state index contributed by atoms with van der Waals surface area (Å²) < 4.78 is 5.44. The van der Waals surface area contributed by atoms with E-state index in [2.05, 4.69) is 23.2 Å². The van der Waals surface area contributed by atoms with E-state index in [0.717, 1.165) is 11.8 Å². The van der Waals surface area contributed by atoms with Crippen LogP contribution in [0.4, 0.5) is 0 Å². The van der Waals surface area contributed by atoms with Crippen LogP contribution in [0.2, 0.25) is 0 Å². The average molecular weight is 220 g/mol. The minimum Gasteiger partial charge on any atom is -0.468 e. The van der Waals surface area contributed by atoms with Crippen molar-refractivity contribution in [3.63, 3.8) is 0 Å². The molecule has 2 aliphatic heterocycles. The molecule has 2 fully saturated rings. The predicted octanol–water partition coefficient (Wildman–Crippen LogP) is 2.17. The van der Waals surface area contributed by atoms with Crippen molar-refractivity contribution >= 4 is 0 Å². The lowest BCUT2D eigenvalue weighted by Gasteiger charge is -2.24. The van der Waals surface area contributed by atoms with Crippen molar-refractivity contribution in [1.82, 2.24) is 10.2 Å². The Labute approximate surface area is 96.8 Å². The molecule has 3 rings (SSSR count). The second-order valence-electron chi connectivity index (χ2n) is 5.04. The van der Waals surface area contributed by atoms with Crippen LogP contribution < -0.4 is 5.32 Å². The fourth-order valence-electron chi connectivity index (χ4n) is 3.22. The maximum atomic E-state index is 5.44. The van der Waals surface area contributed by atoms with Crippen molar-refractivity contribution in [1.29, 1.82) is 0 Å². The SMILES string of the molecule is C[C@H](NC1CCN2CCCC12)c1ccco1. The summed E-state index contributed by atoms with van der Waals surface area (Å²) in [6.45, 7) is 4.77. The van der Waals surface area contributed by atoms with Gasteiger partial charge in [0.1, 0.15) is 5.76 Å². The highest BCUT2D eigenvalue weighted by Crippen LogP contribution is 2.29. The van der Waals surface area contributed by atoms with Crippen LogP contribution in [0.3, 0.4) is 0 Å². The molecule has 1 aromatic heterocycles. The second kappa shape index (κ2) is 4.22. The third-order valence-electron chi connectivity index (χ3n) is 4.04. The van der Waals surface area contributed by atoms with Crippen LogP contribution in [-0.2, 0) is 0 Å². The summed E-state index contributed by atoms with van der Waals surface area (Å²) in [6.07, 6.45) is 5.78. The van der Waals surface area contributed by atoms with E-state index in [1.807, 2.05) is 6.07 Å². The van der Waals surface area contributed by atoms with Gasteiger partial charge in [-0.05, 0) is 44.9 Å². The van der Waals surface area contributed by atoms with E-state index in [4.69, 9.17) is 4.42 Å². The number of nitrogens with zero attached hydrogens (tertiary/aromatic N) is 1. The molecule has 3 nitrogen and oxygen atoms in total. The Balaban J connectivity index is 1.62. The van der Waals surface area contributed by atoms with E-state index >= 15 is 0 Å². The highest BCUT2D eigenvalue weighted by Gasteiger charge is 2.37.